The number of nitrogens with one attached hydrogen (secondary N) is 1. The minimum Gasteiger partial charge on any atom is -0.453 e. The quantitative estimate of drug-likeness (QED) is 0.604. The zero-order chi connectivity index (χ0) is 16.0. The van der Waals surface area contributed by atoms with Crippen LogP contribution in [0.3, 0.4) is 0 Å². The number of hydrogen-bond acceptors (Lipinski definition) is 6. The molecule has 9 heteroatoms. The van der Waals surface area contributed by atoms with Gasteiger partial charge in [0.05, 0.1) is 15.6 Å². The maximum Gasteiger partial charge on any atom is 0.318 e. The average Bonchev–Trinajstić information content (AvgIpc) is 2.81. The Morgan fingerprint density at radius 3 is 2.52 bits per heavy atom. The van der Waals surface area contributed by atoms with Crippen LogP contribution in [0.5, 0.6) is 0 Å². The predicted octanol–water partition coefficient (Wildman–Crippen LogP) is 1.49. The van der Waals surface area contributed by atoms with Crippen molar-refractivity contribution in [3.8, 4) is 0 Å². The fraction of sp³-hybridized carbons (Fsp3) is 0.333. The van der Waals surface area contributed by atoms with E-state index in [1.807, 2.05) is 0 Å². The van der Waals surface area contributed by atoms with E-state index in [0.29, 0.717) is 9.21 Å². The van der Waals surface area contributed by atoms with Crippen LogP contribution in [0.4, 0.5) is 4.79 Å². The van der Waals surface area contributed by atoms with E-state index in [9.17, 15) is 19.2 Å². The molecule has 0 spiro atoms. The summed E-state index contributed by atoms with van der Waals surface area (Å²) in [7, 11) is 0. The summed E-state index contributed by atoms with van der Waals surface area (Å²) in [6.07, 6.45) is -1.40. The van der Waals surface area contributed by atoms with Crippen molar-refractivity contribution >= 4 is 46.6 Å². The molecular formula is C12H13ClN2O5S. The van der Waals surface area contributed by atoms with Gasteiger partial charge < -0.3 is 10.5 Å². The van der Waals surface area contributed by atoms with Gasteiger partial charge in [-0.05, 0) is 19.1 Å². The fourth-order valence-electron chi connectivity index (χ4n) is 1.34. The number of imide groups is 1. The van der Waals surface area contributed by atoms with E-state index in [1.54, 1.807) is 17.4 Å². The number of rotatable bonds is 6. The van der Waals surface area contributed by atoms with Crippen LogP contribution < -0.4 is 11.1 Å². The van der Waals surface area contributed by atoms with E-state index < -0.39 is 24.0 Å². The van der Waals surface area contributed by atoms with Crippen molar-refractivity contribution in [2.75, 3.05) is 0 Å². The molecule has 1 aromatic heterocycles. The van der Waals surface area contributed by atoms with Crippen molar-refractivity contribution in [3.05, 3.63) is 21.3 Å². The molecule has 7 nitrogen and oxygen atoms in total. The average molecular weight is 333 g/mol. The summed E-state index contributed by atoms with van der Waals surface area (Å²) >= 11 is 6.83. The van der Waals surface area contributed by atoms with E-state index in [4.69, 9.17) is 22.1 Å². The summed E-state index contributed by atoms with van der Waals surface area (Å²) in [6, 6.07) is 2.13. The molecule has 1 aromatic rings. The summed E-state index contributed by atoms with van der Waals surface area (Å²) < 4.78 is 5.25. The number of urea groups is 1. The number of ketones is 1. The van der Waals surface area contributed by atoms with Crippen LogP contribution in [-0.4, -0.2) is 29.8 Å². The lowest BCUT2D eigenvalue weighted by Gasteiger charge is -2.11. The standard InChI is InChI=1S/C12H13ClN2O5S/c1-6(11(18)15-12(14)19)20-10(17)5-2-7(16)8-3-4-9(13)21-8/h3-4,6H,2,5H2,1H3,(H3,14,15,18,19)/t6-/m0/s1. The van der Waals surface area contributed by atoms with E-state index in [2.05, 4.69) is 0 Å². The highest BCUT2D eigenvalue weighted by molar-refractivity contribution is 7.18. The molecule has 0 radical (unpaired) electrons. The van der Waals surface area contributed by atoms with Gasteiger partial charge in [0.2, 0.25) is 0 Å². The van der Waals surface area contributed by atoms with Crippen LogP contribution in [0, 0.1) is 0 Å². The molecule has 0 unspecified atom stereocenters. The Bertz CT molecular complexity index is 572. The maximum absolute atomic E-state index is 11.7. The molecule has 3 amide bonds. The Hall–Kier alpha value is -1.93. The van der Waals surface area contributed by atoms with E-state index in [1.165, 1.54) is 6.92 Å². The molecule has 1 rings (SSSR count). The predicted molar refractivity (Wildman–Crippen MR) is 76.2 cm³/mol. The molecule has 0 aliphatic heterocycles. The Kier molecular flexibility index (Phi) is 6.32. The molecule has 0 aliphatic carbocycles. The molecule has 0 aliphatic rings. The van der Waals surface area contributed by atoms with Gasteiger partial charge in [-0.1, -0.05) is 11.6 Å². The smallest absolute Gasteiger partial charge is 0.318 e. The van der Waals surface area contributed by atoms with E-state index >= 15 is 0 Å². The Morgan fingerprint density at radius 2 is 2.00 bits per heavy atom. The van der Waals surface area contributed by atoms with Crippen LogP contribution in [0.25, 0.3) is 0 Å². The summed E-state index contributed by atoms with van der Waals surface area (Å²) in [6.45, 7) is 1.29. The van der Waals surface area contributed by atoms with E-state index in [0.717, 1.165) is 11.3 Å². The minimum atomic E-state index is -1.17. The zero-order valence-corrected chi connectivity index (χ0v) is 12.6. The van der Waals surface area contributed by atoms with Gasteiger partial charge in [-0.25, -0.2) is 4.79 Å². The number of ether oxygens (including phenoxy) is 1. The molecule has 3 N–H and O–H groups in total. The van der Waals surface area contributed by atoms with Crippen molar-refractivity contribution < 1.29 is 23.9 Å². The molecule has 0 aromatic carbocycles. The second-order valence-electron chi connectivity index (χ2n) is 4.01. The minimum absolute atomic E-state index is 0.0557. The van der Waals surface area contributed by atoms with Crippen molar-refractivity contribution in [1.29, 1.82) is 0 Å². The van der Waals surface area contributed by atoms with Crippen molar-refractivity contribution in [3.63, 3.8) is 0 Å². The molecular weight excluding hydrogens is 320 g/mol. The first-order valence-corrected chi connectivity index (χ1v) is 7.07. The van der Waals surface area contributed by atoms with E-state index in [-0.39, 0.29) is 18.6 Å². The van der Waals surface area contributed by atoms with Crippen LogP contribution in [0.15, 0.2) is 12.1 Å². The number of primary amides is 1. The Balaban J connectivity index is 2.38. The first-order valence-electron chi connectivity index (χ1n) is 5.88. The molecule has 0 bridgehead atoms. The number of carbonyl (C=O) groups excluding carboxylic acids is 4. The Labute approximate surface area is 129 Å². The van der Waals surface area contributed by atoms with Crippen molar-refractivity contribution in [2.45, 2.75) is 25.9 Å². The second-order valence-corrected chi connectivity index (χ2v) is 5.73. The highest BCUT2D eigenvalue weighted by Crippen LogP contribution is 2.22. The summed E-state index contributed by atoms with van der Waals surface area (Å²) in [5.74, 6) is -1.79. The molecule has 114 valence electrons. The molecule has 1 atom stereocenters. The maximum atomic E-state index is 11.7. The summed E-state index contributed by atoms with van der Waals surface area (Å²) in [5, 5.41) is 1.78. The van der Waals surface area contributed by atoms with Crippen LogP contribution in [0.2, 0.25) is 4.34 Å². The lowest BCUT2D eigenvalue weighted by molar-refractivity contribution is -0.154. The number of nitrogens with two attached hydrogens (primary N) is 1. The third kappa shape index (κ3) is 5.92. The van der Waals surface area contributed by atoms with Gasteiger partial charge in [0.15, 0.2) is 11.9 Å². The lowest BCUT2D eigenvalue weighted by Crippen LogP contribution is -2.42. The second kappa shape index (κ2) is 7.75. The van der Waals surface area contributed by atoms with Crippen LogP contribution >= 0.6 is 22.9 Å². The summed E-state index contributed by atoms with van der Waals surface area (Å²) in [4.78, 5) is 45.4. The van der Waals surface area contributed by atoms with Gasteiger partial charge in [-0.15, -0.1) is 11.3 Å². The highest BCUT2D eigenvalue weighted by Gasteiger charge is 2.20. The normalized spacial score (nSPS) is 11.5. The van der Waals surface area contributed by atoms with Gasteiger partial charge >= 0.3 is 12.0 Å². The van der Waals surface area contributed by atoms with Crippen molar-refractivity contribution in [1.82, 2.24) is 5.32 Å². The number of esters is 1. The molecule has 0 saturated heterocycles. The molecule has 1 heterocycles. The number of thiophene rings is 1. The lowest BCUT2D eigenvalue weighted by atomic mass is 10.2. The van der Waals surface area contributed by atoms with Gasteiger partial charge in [-0.3, -0.25) is 19.7 Å². The first kappa shape index (κ1) is 17.1. The topological polar surface area (TPSA) is 116 Å². The largest absolute Gasteiger partial charge is 0.453 e. The summed E-state index contributed by atoms with van der Waals surface area (Å²) in [5.41, 5.74) is 4.76. The van der Waals surface area contributed by atoms with Crippen LogP contribution in [0.1, 0.15) is 29.4 Å². The van der Waals surface area contributed by atoms with Gasteiger partial charge in [0, 0.05) is 6.42 Å². The molecule has 21 heavy (non-hydrogen) atoms. The first-order chi connectivity index (χ1) is 9.79. The highest BCUT2D eigenvalue weighted by atomic mass is 35.5. The number of halogens is 1. The van der Waals surface area contributed by atoms with Crippen LogP contribution in [-0.2, 0) is 14.3 Å². The Morgan fingerprint density at radius 1 is 1.33 bits per heavy atom. The fourth-order valence-corrected chi connectivity index (χ4v) is 2.35. The third-order valence-corrected chi connectivity index (χ3v) is 3.60. The zero-order valence-electron chi connectivity index (χ0n) is 11.1. The SMILES string of the molecule is C[C@H](OC(=O)CCC(=O)c1ccc(Cl)s1)C(=O)NC(N)=O. The number of carbonyl (C=O) groups is 4. The molecule has 0 saturated carbocycles. The number of hydrogen-bond donors (Lipinski definition) is 2. The number of amides is 3. The third-order valence-electron chi connectivity index (χ3n) is 2.33. The molecule has 0 fully saturated rings. The number of Topliss-reactive ketones (excluding diaryl/α,β-unsaturated/α-hetero) is 1. The van der Waals surface area contributed by atoms with Gasteiger partial charge in [0.1, 0.15) is 0 Å². The monoisotopic (exact) mass is 332 g/mol. The van der Waals surface area contributed by atoms with Crippen molar-refractivity contribution in [2.24, 2.45) is 5.73 Å². The van der Waals surface area contributed by atoms with Gasteiger partial charge in [0.25, 0.3) is 5.91 Å². The van der Waals surface area contributed by atoms with Gasteiger partial charge in [-0.2, -0.15) is 0 Å².